The third-order valence-corrected chi connectivity index (χ3v) is 0.765. The number of nitrogens with zero attached hydrogens (tertiary/aromatic N) is 1. The summed E-state index contributed by atoms with van der Waals surface area (Å²) in [6.45, 7) is -0.433. The minimum atomic E-state index is -1.27. The van der Waals surface area contributed by atoms with Crippen LogP contribution in [0.2, 0.25) is 0 Å². The lowest BCUT2D eigenvalue weighted by molar-refractivity contribution is -0.119. The van der Waals surface area contributed by atoms with E-state index in [-0.39, 0.29) is 13.1 Å². The first kappa shape index (κ1) is 9.23. The standard InChI is InChI=1S/C5H7N3O3/c6-1-2-7-4(9)3-8-5(10)11/h8H,2-3H2,(H,7,9)(H,10,11). The number of nitriles is 1. The molecule has 0 bridgehead atoms. The van der Waals surface area contributed by atoms with Crippen molar-refractivity contribution in [3.05, 3.63) is 0 Å². The fourth-order valence-electron chi connectivity index (χ4n) is 0.357. The molecule has 60 valence electrons. The number of rotatable bonds is 3. The Morgan fingerprint density at radius 3 is 2.55 bits per heavy atom. The van der Waals surface area contributed by atoms with E-state index in [0.29, 0.717) is 0 Å². The lowest BCUT2D eigenvalue weighted by Gasteiger charge is -1.98. The Kier molecular flexibility index (Phi) is 4.24. The summed E-state index contributed by atoms with van der Waals surface area (Å²) in [5, 5.41) is 20.0. The van der Waals surface area contributed by atoms with Crippen LogP contribution in [0.25, 0.3) is 0 Å². The van der Waals surface area contributed by atoms with E-state index in [2.05, 4.69) is 5.32 Å². The van der Waals surface area contributed by atoms with Crippen LogP contribution in [0.5, 0.6) is 0 Å². The maximum absolute atomic E-state index is 10.5. The first-order chi connectivity index (χ1) is 5.16. The SMILES string of the molecule is N#CCNC(=O)CNC(=O)O. The molecule has 0 aliphatic rings. The molecule has 6 heteroatoms. The molecule has 6 nitrogen and oxygen atoms in total. The van der Waals surface area contributed by atoms with Gasteiger partial charge in [-0.1, -0.05) is 0 Å². The fourth-order valence-corrected chi connectivity index (χ4v) is 0.357. The van der Waals surface area contributed by atoms with Crippen LogP contribution in [-0.2, 0) is 4.79 Å². The normalized spacial score (nSPS) is 7.91. The van der Waals surface area contributed by atoms with E-state index in [1.54, 1.807) is 6.07 Å². The highest BCUT2D eigenvalue weighted by Gasteiger charge is 2.00. The smallest absolute Gasteiger partial charge is 0.405 e. The zero-order valence-electron chi connectivity index (χ0n) is 5.63. The van der Waals surface area contributed by atoms with Gasteiger partial charge in [0.15, 0.2) is 0 Å². The van der Waals surface area contributed by atoms with Gasteiger partial charge in [-0.05, 0) is 0 Å². The summed E-state index contributed by atoms with van der Waals surface area (Å²) in [5.41, 5.74) is 0. The Morgan fingerprint density at radius 2 is 2.09 bits per heavy atom. The van der Waals surface area contributed by atoms with Gasteiger partial charge in [-0.3, -0.25) is 4.79 Å². The van der Waals surface area contributed by atoms with Crippen LogP contribution < -0.4 is 10.6 Å². The molecule has 0 radical (unpaired) electrons. The molecule has 0 heterocycles. The summed E-state index contributed by atoms with van der Waals surface area (Å²) >= 11 is 0. The number of carboxylic acid groups (broad SMARTS) is 1. The maximum atomic E-state index is 10.5. The summed E-state index contributed by atoms with van der Waals surface area (Å²) in [6, 6.07) is 1.68. The average molecular weight is 157 g/mol. The summed E-state index contributed by atoms with van der Waals surface area (Å²) in [6.07, 6.45) is -1.27. The lowest BCUT2D eigenvalue weighted by atomic mass is 10.5. The van der Waals surface area contributed by atoms with E-state index < -0.39 is 12.0 Å². The molecule has 11 heavy (non-hydrogen) atoms. The third kappa shape index (κ3) is 6.11. The van der Waals surface area contributed by atoms with Crippen molar-refractivity contribution in [1.82, 2.24) is 10.6 Å². The average Bonchev–Trinajstić information content (AvgIpc) is 1.97. The topological polar surface area (TPSA) is 102 Å². The Balaban J connectivity index is 3.39. The molecule has 0 aliphatic heterocycles. The van der Waals surface area contributed by atoms with Crippen molar-refractivity contribution in [3.63, 3.8) is 0 Å². The minimum Gasteiger partial charge on any atom is -0.465 e. The first-order valence-electron chi connectivity index (χ1n) is 2.77. The van der Waals surface area contributed by atoms with Gasteiger partial charge in [-0.15, -0.1) is 0 Å². The van der Waals surface area contributed by atoms with Crippen molar-refractivity contribution in [2.45, 2.75) is 0 Å². The molecule has 0 aliphatic carbocycles. The first-order valence-corrected chi connectivity index (χ1v) is 2.77. The largest absolute Gasteiger partial charge is 0.465 e. The van der Waals surface area contributed by atoms with E-state index in [4.69, 9.17) is 10.4 Å². The van der Waals surface area contributed by atoms with Gasteiger partial charge in [0.2, 0.25) is 5.91 Å². The second-order valence-electron chi connectivity index (χ2n) is 1.59. The summed E-state index contributed by atoms with van der Waals surface area (Å²) in [7, 11) is 0. The molecule has 3 N–H and O–H groups in total. The molecular weight excluding hydrogens is 150 g/mol. The molecule has 0 fully saturated rings. The van der Waals surface area contributed by atoms with Gasteiger partial charge in [0, 0.05) is 0 Å². The second-order valence-corrected chi connectivity index (χ2v) is 1.59. The Hall–Kier alpha value is -1.77. The molecule has 0 saturated heterocycles. The lowest BCUT2D eigenvalue weighted by Crippen LogP contribution is -2.36. The minimum absolute atomic E-state index is 0.111. The van der Waals surface area contributed by atoms with Crippen LogP contribution in [0.3, 0.4) is 0 Å². The highest BCUT2D eigenvalue weighted by atomic mass is 16.4. The molecule has 0 unspecified atom stereocenters. The molecule has 0 rings (SSSR count). The van der Waals surface area contributed by atoms with Crippen molar-refractivity contribution in [2.24, 2.45) is 0 Å². The number of amides is 2. The summed E-state index contributed by atoms with van der Waals surface area (Å²) < 4.78 is 0. The van der Waals surface area contributed by atoms with Gasteiger partial charge in [-0.2, -0.15) is 5.26 Å². The number of nitrogens with one attached hydrogen (secondary N) is 2. The van der Waals surface area contributed by atoms with Crippen LogP contribution >= 0.6 is 0 Å². The highest BCUT2D eigenvalue weighted by Crippen LogP contribution is 1.64. The molecule has 0 spiro atoms. The Labute approximate surface area is 62.8 Å². The molecular formula is C5H7N3O3. The molecule has 0 saturated carbocycles. The van der Waals surface area contributed by atoms with Gasteiger partial charge in [0.25, 0.3) is 0 Å². The Morgan fingerprint density at radius 1 is 1.45 bits per heavy atom. The van der Waals surface area contributed by atoms with Crippen molar-refractivity contribution >= 4 is 12.0 Å². The van der Waals surface area contributed by atoms with Crippen molar-refractivity contribution in [2.75, 3.05) is 13.1 Å². The molecule has 0 aromatic rings. The van der Waals surface area contributed by atoms with Crippen LogP contribution in [0.15, 0.2) is 0 Å². The molecule has 0 atom stereocenters. The molecule has 0 aromatic carbocycles. The van der Waals surface area contributed by atoms with Crippen LogP contribution in [-0.4, -0.2) is 30.2 Å². The van der Waals surface area contributed by atoms with Gasteiger partial charge in [0.05, 0.1) is 6.07 Å². The quantitative estimate of drug-likeness (QED) is 0.452. The molecule has 0 aromatic heterocycles. The highest BCUT2D eigenvalue weighted by molar-refractivity contribution is 5.81. The van der Waals surface area contributed by atoms with Crippen LogP contribution in [0.4, 0.5) is 4.79 Å². The van der Waals surface area contributed by atoms with Crippen molar-refractivity contribution < 1.29 is 14.7 Å². The maximum Gasteiger partial charge on any atom is 0.405 e. The van der Waals surface area contributed by atoms with E-state index >= 15 is 0 Å². The Bertz CT molecular complexity index is 196. The molecule has 2 amide bonds. The van der Waals surface area contributed by atoms with Crippen LogP contribution in [0.1, 0.15) is 0 Å². The van der Waals surface area contributed by atoms with E-state index in [1.807, 2.05) is 5.32 Å². The summed E-state index contributed by atoms with van der Waals surface area (Å²) in [4.78, 5) is 20.3. The fraction of sp³-hybridized carbons (Fsp3) is 0.400. The number of hydrogen-bond donors (Lipinski definition) is 3. The van der Waals surface area contributed by atoms with E-state index in [1.165, 1.54) is 0 Å². The second kappa shape index (κ2) is 5.05. The predicted octanol–water partition coefficient (Wildman–Crippen LogP) is -1.11. The van der Waals surface area contributed by atoms with Gasteiger partial charge in [0.1, 0.15) is 13.1 Å². The third-order valence-electron chi connectivity index (χ3n) is 0.765. The van der Waals surface area contributed by atoms with Gasteiger partial charge >= 0.3 is 6.09 Å². The van der Waals surface area contributed by atoms with Crippen molar-refractivity contribution in [1.29, 1.82) is 5.26 Å². The zero-order chi connectivity index (χ0) is 8.69. The zero-order valence-corrected chi connectivity index (χ0v) is 5.63. The van der Waals surface area contributed by atoms with E-state index in [0.717, 1.165) is 0 Å². The predicted molar refractivity (Wildman–Crippen MR) is 34.7 cm³/mol. The number of carbonyl (C=O) groups is 2. The van der Waals surface area contributed by atoms with Gasteiger partial charge in [-0.25, -0.2) is 4.79 Å². The van der Waals surface area contributed by atoms with Crippen molar-refractivity contribution in [3.8, 4) is 6.07 Å². The van der Waals surface area contributed by atoms with E-state index in [9.17, 15) is 9.59 Å². The van der Waals surface area contributed by atoms with Gasteiger partial charge < -0.3 is 15.7 Å². The monoisotopic (exact) mass is 157 g/mol. The summed E-state index contributed by atoms with van der Waals surface area (Å²) in [5.74, 6) is -0.519. The number of hydrogen-bond acceptors (Lipinski definition) is 3. The number of carbonyl (C=O) groups excluding carboxylic acids is 1. The van der Waals surface area contributed by atoms with Crippen LogP contribution in [0, 0.1) is 11.3 Å².